The lowest BCUT2D eigenvalue weighted by molar-refractivity contribution is 0.0936. The van der Waals surface area contributed by atoms with E-state index in [2.05, 4.69) is 45.1 Å². The molecule has 4 heterocycles. The molecule has 0 aliphatic carbocycles. The maximum absolute atomic E-state index is 9.27. The highest BCUT2D eigenvalue weighted by Crippen LogP contribution is 2.37. The standard InChI is InChI=1S/C25H22N6O/c26-12-17-3-1-4-18(11-17)14-30-15-19-16-32-10-9-31(19)25-23(30)13-28-24(29-25)21-5-2-6-22-20(21)7-8-27-22/h1-8,11,13,19,27H,9-10,14-16H2. The Morgan fingerprint density at radius 2 is 2.12 bits per heavy atom. The topological polar surface area (TPSA) is 81.1 Å². The fourth-order valence-electron chi connectivity index (χ4n) is 4.76. The molecule has 158 valence electrons. The van der Waals surface area contributed by atoms with Crippen molar-refractivity contribution >= 4 is 22.4 Å². The highest BCUT2D eigenvalue weighted by Gasteiger charge is 2.35. The minimum atomic E-state index is 0.237. The van der Waals surface area contributed by atoms with Gasteiger partial charge >= 0.3 is 0 Å². The zero-order valence-corrected chi connectivity index (χ0v) is 17.5. The molecule has 0 spiro atoms. The Morgan fingerprint density at radius 3 is 3.06 bits per heavy atom. The van der Waals surface area contributed by atoms with E-state index in [1.165, 1.54) is 0 Å². The van der Waals surface area contributed by atoms with Gasteiger partial charge in [-0.15, -0.1) is 0 Å². The van der Waals surface area contributed by atoms with Crippen molar-refractivity contribution in [2.75, 3.05) is 36.1 Å². The van der Waals surface area contributed by atoms with Crippen LogP contribution in [0.2, 0.25) is 0 Å². The van der Waals surface area contributed by atoms with E-state index in [9.17, 15) is 5.26 Å². The summed E-state index contributed by atoms with van der Waals surface area (Å²) in [6.07, 6.45) is 3.89. The van der Waals surface area contributed by atoms with Crippen LogP contribution in [0.15, 0.2) is 60.9 Å². The number of aromatic amines is 1. The van der Waals surface area contributed by atoms with Gasteiger partial charge in [-0.25, -0.2) is 9.97 Å². The van der Waals surface area contributed by atoms with Crippen molar-refractivity contribution in [2.24, 2.45) is 0 Å². The zero-order chi connectivity index (χ0) is 21.5. The zero-order valence-electron chi connectivity index (χ0n) is 17.5. The molecular weight excluding hydrogens is 400 g/mol. The predicted octanol–water partition coefficient (Wildman–Crippen LogP) is 3.72. The average molecular weight is 422 g/mol. The third kappa shape index (κ3) is 3.17. The number of ether oxygens (including phenoxy) is 1. The number of anilines is 2. The summed E-state index contributed by atoms with van der Waals surface area (Å²) in [5, 5.41) is 10.4. The number of fused-ring (bicyclic) bond motifs is 4. The van der Waals surface area contributed by atoms with E-state index < -0.39 is 0 Å². The highest BCUT2D eigenvalue weighted by atomic mass is 16.5. The molecule has 1 unspecified atom stereocenters. The summed E-state index contributed by atoms with van der Waals surface area (Å²) < 4.78 is 5.79. The normalized spacial score (nSPS) is 17.7. The van der Waals surface area contributed by atoms with Crippen molar-refractivity contribution < 1.29 is 4.74 Å². The smallest absolute Gasteiger partial charge is 0.162 e. The Kier molecular flexibility index (Phi) is 4.51. The molecule has 0 amide bonds. The van der Waals surface area contributed by atoms with E-state index in [1.54, 1.807) is 0 Å². The lowest BCUT2D eigenvalue weighted by Crippen LogP contribution is -2.55. The van der Waals surface area contributed by atoms with Gasteiger partial charge in [0.2, 0.25) is 0 Å². The van der Waals surface area contributed by atoms with Gasteiger partial charge in [0.25, 0.3) is 0 Å². The molecule has 7 nitrogen and oxygen atoms in total. The summed E-state index contributed by atoms with van der Waals surface area (Å²) in [7, 11) is 0. The summed E-state index contributed by atoms with van der Waals surface area (Å²) in [5.41, 5.74) is 4.90. The second kappa shape index (κ2) is 7.66. The van der Waals surface area contributed by atoms with Crippen LogP contribution >= 0.6 is 0 Å². The van der Waals surface area contributed by atoms with Gasteiger partial charge in [0.05, 0.1) is 42.8 Å². The SMILES string of the molecule is N#Cc1cccc(CN2CC3COCCN3c3nc(-c4cccc5[nH]ccc45)ncc32)c1. The number of hydrogen-bond donors (Lipinski definition) is 1. The number of benzene rings is 2. The summed E-state index contributed by atoms with van der Waals surface area (Å²) in [6, 6.07) is 18.5. The van der Waals surface area contributed by atoms with Crippen molar-refractivity contribution in [3.05, 3.63) is 72.1 Å². The van der Waals surface area contributed by atoms with E-state index >= 15 is 0 Å². The number of rotatable bonds is 3. The van der Waals surface area contributed by atoms with Crippen LogP contribution in [0.3, 0.4) is 0 Å². The monoisotopic (exact) mass is 422 g/mol. The van der Waals surface area contributed by atoms with Gasteiger partial charge in [-0.3, -0.25) is 0 Å². The second-order valence-corrected chi connectivity index (χ2v) is 8.26. The van der Waals surface area contributed by atoms with E-state index in [-0.39, 0.29) is 6.04 Å². The Hall–Kier alpha value is -3.89. The van der Waals surface area contributed by atoms with Crippen LogP contribution in [-0.2, 0) is 11.3 Å². The summed E-state index contributed by atoms with van der Waals surface area (Å²) in [5.74, 6) is 1.69. The van der Waals surface area contributed by atoms with Gasteiger partial charge in [-0.2, -0.15) is 5.26 Å². The van der Waals surface area contributed by atoms with Crippen molar-refractivity contribution in [3.8, 4) is 17.5 Å². The molecule has 32 heavy (non-hydrogen) atoms. The first kappa shape index (κ1) is 18.8. The first-order valence-electron chi connectivity index (χ1n) is 10.8. The molecule has 2 aromatic carbocycles. The molecule has 2 aliphatic rings. The molecule has 2 aliphatic heterocycles. The molecule has 0 bridgehead atoms. The van der Waals surface area contributed by atoms with Crippen LogP contribution in [0.4, 0.5) is 11.5 Å². The Balaban J connectivity index is 1.43. The number of nitriles is 1. The quantitative estimate of drug-likeness (QED) is 0.542. The minimum absolute atomic E-state index is 0.237. The Bertz CT molecular complexity index is 1340. The van der Waals surface area contributed by atoms with Gasteiger partial charge < -0.3 is 19.5 Å². The van der Waals surface area contributed by atoms with Crippen LogP contribution < -0.4 is 9.80 Å². The number of hydrogen-bond acceptors (Lipinski definition) is 6. The van der Waals surface area contributed by atoms with Gasteiger partial charge in [-0.1, -0.05) is 24.3 Å². The molecule has 0 saturated carbocycles. The van der Waals surface area contributed by atoms with Gasteiger partial charge in [0, 0.05) is 42.3 Å². The van der Waals surface area contributed by atoms with Crippen LogP contribution in [0, 0.1) is 11.3 Å². The van der Waals surface area contributed by atoms with E-state index in [0.717, 1.165) is 52.4 Å². The lowest BCUT2D eigenvalue weighted by Gasteiger charge is -2.45. The molecule has 1 saturated heterocycles. The summed E-state index contributed by atoms with van der Waals surface area (Å²) in [6.45, 7) is 3.73. The van der Waals surface area contributed by atoms with Gasteiger partial charge in [-0.05, 0) is 29.8 Å². The van der Waals surface area contributed by atoms with Crippen LogP contribution in [-0.4, -0.2) is 47.3 Å². The third-order valence-electron chi connectivity index (χ3n) is 6.29. The largest absolute Gasteiger partial charge is 0.377 e. The first-order chi connectivity index (χ1) is 15.8. The number of nitrogens with one attached hydrogen (secondary N) is 1. The predicted molar refractivity (Wildman–Crippen MR) is 123 cm³/mol. The van der Waals surface area contributed by atoms with Crippen LogP contribution in [0.5, 0.6) is 0 Å². The summed E-state index contributed by atoms with van der Waals surface area (Å²) >= 11 is 0. The first-order valence-corrected chi connectivity index (χ1v) is 10.8. The van der Waals surface area contributed by atoms with E-state index in [0.29, 0.717) is 25.3 Å². The number of aromatic nitrogens is 3. The fraction of sp³-hybridized carbons (Fsp3) is 0.240. The molecule has 1 fully saturated rings. The van der Waals surface area contributed by atoms with Crippen LogP contribution in [0.25, 0.3) is 22.3 Å². The number of H-pyrrole nitrogens is 1. The Morgan fingerprint density at radius 1 is 1.19 bits per heavy atom. The molecule has 1 N–H and O–H groups in total. The molecule has 7 heteroatoms. The van der Waals surface area contributed by atoms with Gasteiger partial charge in [0.1, 0.15) is 0 Å². The lowest BCUT2D eigenvalue weighted by atomic mass is 10.1. The van der Waals surface area contributed by atoms with E-state index in [1.807, 2.05) is 36.7 Å². The Labute approximate surface area is 185 Å². The van der Waals surface area contributed by atoms with Crippen molar-refractivity contribution in [3.63, 3.8) is 0 Å². The third-order valence-corrected chi connectivity index (χ3v) is 6.29. The van der Waals surface area contributed by atoms with Gasteiger partial charge in [0.15, 0.2) is 11.6 Å². The molecular formula is C25H22N6O. The number of morpholine rings is 1. The van der Waals surface area contributed by atoms with Crippen molar-refractivity contribution in [1.82, 2.24) is 15.0 Å². The molecule has 4 aromatic rings. The molecule has 6 rings (SSSR count). The second-order valence-electron chi connectivity index (χ2n) is 8.26. The average Bonchev–Trinajstić information content (AvgIpc) is 3.33. The highest BCUT2D eigenvalue weighted by molar-refractivity contribution is 5.93. The van der Waals surface area contributed by atoms with Crippen molar-refractivity contribution in [1.29, 1.82) is 5.26 Å². The fourth-order valence-corrected chi connectivity index (χ4v) is 4.76. The maximum Gasteiger partial charge on any atom is 0.162 e. The maximum atomic E-state index is 9.27. The molecule has 1 atom stereocenters. The van der Waals surface area contributed by atoms with Crippen LogP contribution in [0.1, 0.15) is 11.1 Å². The molecule has 2 aromatic heterocycles. The molecule has 0 radical (unpaired) electrons. The van der Waals surface area contributed by atoms with Crippen molar-refractivity contribution in [2.45, 2.75) is 12.6 Å². The number of nitrogens with zero attached hydrogens (tertiary/aromatic N) is 5. The summed E-state index contributed by atoms with van der Waals surface area (Å²) in [4.78, 5) is 17.8. The van der Waals surface area contributed by atoms with E-state index in [4.69, 9.17) is 14.7 Å². The minimum Gasteiger partial charge on any atom is -0.377 e.